The molecule has 0 unspecified atom stereocenters. The molecular formula is C18H22ClFN4. The van der Waals surface area contributed by atoms with Gasteiger partial charge in [-0.2, -0.15) is 0 Å². The first-order valence-corrected chi connectivity index (χ1v) is 8.73. The molecule has 0 bridgehead atoms. The van der Waals surface area contributed by atoms with E-state index in [1.54, 1.807) is 12.4 Å². The molecule has 0 saturated carbocycles. The molecule has 0 radical (unpaired) electrons. The summed E-state index contributed by atoms with van der Waals surface area (Å²) in [7, 11) is 0. The van der Waals surface area contributed by atoms with Crippen molar-refractivity contribution in [3.8, 4) is 0 Å². The maximum absolute atomic E-state index is 13.4. The van der Waals surface area contributed by atoms with E-state index in [4.69, 9.17) is 11.6 Å². The number of nitrogens with zero attached hydrogens (tertiary/aromatic N) is 3. The zero-order chi connectivity index (χ0) is 16.8. The largest absolute Gasteiger partial charge is 0.317 e. The van der Waals surface area contributed by atoms with Gasteiger partial charge in [0.05, 0.1) is 5.02 Å². The predicted octanol–water partition coefficient (Wildman–Crippen LogP) is 3.41. The number of halogens is 2. The van der Waals surface area contributed by atoms with E-state index >= 15 is 0 Å². The van der Waals surface area contributed by atoms with E-state index in [0.29, 0.717) is 6.04 Å². The highest BCUT2D eigenvalue weighted by Gasteiger charge is 2.21. The number of benzene rings is 1. The lowest BCUT2D eigenvalue weighted by Crippen LogP contribution is -2.35. The van der Waals surface area contributed by atoms with Gasteiger partial charge in [0, 0.05) is 37.1 Å². The van der Waals surface area contributed by atoms with Crippen molar-refractivity contribution in [2.45, 2.75) is 38.4 Å². The topological polar surface area (TPSA) is 41.1 Å². The van der Waals surface area contributed by atoms with Crippen LogP contribution in [-0.2, 0) is 13.1 Å². The molecule has 6 heteroatoms. The van der Waals surface area contributed by atoms with Crippen molar-refractivity contribution in [2.75, 3.05) is 13.1 Å². The third-order valence-corrected chi connectivity index (χ3v) is 4.72. The van der Waals surface area contributed by atoms with Crippen LogP contribution in [0.4, 0.5) is 4.39 Å². The van der Waals surface area contributed by atoms with Crippen molar-refractivity contribution < 1.29 is 4.39 Å². The number of rotatable bonds is 5. The fourth-order valence-electron chi connectivity index (χ4n) is 3.20. The second-order valence-corrected chi connectivity index (χ2v) is 6.64. The van der Waals surface area contributed by atoms with Crippen molar-refractivity contribution in [3.63, 3.8) is 0 Å². The van der Waals surface area contributed by atoms with E-state index < -0.39 is 0 Å². The van der Waals surface area contributed by atoms with Gasteiger partial charge in [0.15, 0.2) is 0 Å². The molecule has 0 aliphatic carbocycles. The van der Waals surface area contributed by atoms with Crippen molar-refractivity contribution in [2.24, 2.45) is 0 Å². The molecular weight excluding hydrogens is 327 g/mol. The minimum absolute atomic E-state index is 0.179. The Kier molecular flexibility index (Phi) is 6.12. The number of nitrogens with one attached hydrogen (secondary N) is 1. The summed E-state index contributed by atoms with van der Waals surface area (Å²) in [5, 5.41) is 3.63. The maximum atomic E-state index is 13.4. The molecule has 0 amide bonds. The quantitative estimate of drug-likeness (QED) is 0.899. The molecule has 4 nitrogen and oxygen atoms in total. The summed E-state index contributed by atoms with van der Waals surface area (Å²) >= 11 is 5.95. The van der Waals surface area contributed by atoms with Gasteiger partial charge >= 0.3 is 0 Å². The lowest BCUT2D eigenvalue weighted by molar-refractivity contribution is 0.164. The average molecular weight is 349 g/mol. The molecule has 1 atom stereocenters. The number of hydrogen-bond donors (Lipinski definition) is 1. The average Bonchev–Trinajstić information content (AvgIpc) is 2.88. The van der Waals surface area contributed by atoms with Gasteiger partial charge < -0.3 is 5.32 Å². The van der Waals surface area contributed by atoms with Crippen LogP contribution in [0.5, 0.6) is 0 Å². The van der Waals surface area contributed by atoms with E-state index in [0.717, 1.165) is 56.6 Å². The summed E-state index contributed by atoms with van der Waals surface area (Å²) in [6.07, 6.45) is 8.66. The Morgan fingerprint density at radius 2 is 1.92 bits per heavy atom. The number of hydrogen-bond acceptors (Lipinski definition) is 4. The molecule has 128 valence electrons. The van der Waals surface area contributed by atoms with Crippen LogP contribution in [0.15, 0.2) is 36.9 Å². The smallest absolute Gasteiger partial charge is 0.141 e. The van der Waals surface area contributed by atoms with Crippen LogP contribution in [0.3, 0.4) is 0 Å². The first-order chi connectivity index (χ1) is 11.7. The van der Waals surface area contributed by atoms with Crippen LogP contribution < -0.4 is 5.32 Å². The Balaban J connectivity index is 1.78. The standard InChI is InChI=1S/C18H22ClFN4/c19-17-8-14(3-4-18(17)20)11-24(12-15-9-22-13-23-10-15)16-2-1-6-21-7-5-16/h3-4,8-10,13,16,21H,1-2,5-7,11-12H2/t16-/m0/s1. The van der Waals surface area contributed by atoms with Crippen molar-refractivity contribution >= 4 is 11.6 Å². The molecule has 24 heavy (non-hydrogen) atoms. The maximum Gasteiger partial charge on any atom is 0.141 e. The van der Waals surface area contributed by atoms with Crippen LogP contribution in [-0.4, -0.2) is 34.0 Å². The van der Waals surface area contributed by atoms with E-state index in [9.17, 15) is 4.39 Å². The van der Waals surface area contributed by atoms with Crippen LogP contribution >= 0.6 is 11.6 Å². The second kappa shape index (κ2) is 8.51. The van der Waals surface area contributed by atoms with Gasteiger partial charge in [-0.3, -0.25) is 4.90 Å². The summed E-state index contributed by atoms with van der Waals surface area (Å²) in [5.41, 5.74) is 2.11. The van der Waals surface area contributed by atoms with Gasteiger partial charge in [-0.05, 0) is 50.0 Å². The molecule has 3 rings (SSSR count). The van der Waals surface area contributed by atoms with E-state index in [1.165, 1.54) is 6.07 Å². The van der Waals surface area contributed by atoms with E-state index in [1.807, 2.05) is 18.5 Å². The van der Waals surface area contributed by atoms with Gasteiger partial charge in [0.2, 0.25) is 0 Å². The van der Waals surface area contributed by atoms with Gasteiger partial charge in [0.25, 0.3) is 0 Å². The molecule has 2 heterocycles. The summed E-state index contributed by atoms with van der Waals surface area (Å²) in [5.74, 6) is -0.373. The normalized spacial score (nSPS) is 18.5. The Labute approximate surface area is 147 Å². The highest BCUT2D eigenvalue weighted by Crippen LogP contribution is 2.22. The van der Waals surface area contributed by atoms with E-state index in [-0.39, 0.29) is 10.8 Å². The second-order valence-electron chi connectivity index (χ2n) is 6.23. The highest BCUT2D eigenvalue weighted by atomic mass is 35.5. The number of aromatic nitrogens is 2. The van der Waals surface area contributed by atoms with Crippen LogP contribution in [0.1, 0.15) is 30.4 Å². The lowest BCUT2D eigenvalue weighted by atomic mass is 10.1. The summed E-state index contributed by atoms with van der Waals surface area (Å²) < 4.78 is 13.4. The Hall–Kier alpha value is -1.56. The van der Waals surface area contributed by atoms with Crippen LogP contribution in [0.25, 0.3) is 0 Å². The zero-order valence-electron chi connectivity index (χ0n) is 13.6. The van der Waals surface area contributed by atoms with Crippen LogP contribution in [0.2, 0.25) is 5.02 Å². The zero-order valence-corrected chi connectivity index (χ0v) is 14.3. The van der Waals surface area contributed by atoms with Gasteiger partial charge in [-0.25, -0.2) is 14.4 Å². The summed E-state index contributed by atoms with van der Waals surface area (Å²) in [6, 6.07) is 5.45. The molecule has 1 aromatic heterocycles. The Morgan fingerprint density at radius 3 is 2.71 bits per heavy atom. The minimum atomic E-state index is -0.373. The minimum Gasteiger partial charge on any atom is -0.317 e. The molecule has 1 saturated heterocycles. The predicted molar refractivity (Wildman–Crippen MR) is 93.2 cm³/mol. The first kappa shape index (κ1) is 17.3. The third-order valence-electron chi connectivity index (χ3n) is 4.43. The van der Waals surface area contributed by atoms with Crippen LogP contribution in [0, 0.1) is 5.82 Å². The van der Waals surface area contributed by atoms with Gasteiger partial charge in [0.1, 0.15) is 12.1 Å². The Morgan fingerprint density at radius 1 is 1.12 bits per heavy atom. The van der Waals surface area contributed by atoms with Gasteiger partial charge in [-0.15, -0.1) is 0 Å². The molecule has 1 aliphatic heterocycles. The summed E-state index contributed by atoms with van der Waals surface area (Å²) in [4.78, 5) is 10.7. The molecule has 1 fully saturated rings. The van der Waals surface area contributed by atoms with E-state index in [2.05, 4.69) is 20.2 Å². The highest BCUT2D eigenvalue weighted by molar-refractivity contribution is 6.30. The monoisotopic (exact) mass is 348 g/mol. The van der Waals surface area contributed by atoms with Crippen molar-refractivity contribution in [1.29, 1.82) is 0 Å². The fraction of sp³-hybridized carbons (Fsp3) is 0.444. The molecule has 1 aliphatic rings. The van der Waals surface area contributed by atoms with Crippen molar-refractivity contribution in [1.82, 2.24) is 20.2 Å². The molecule has 1 aromatic carbocycles. The SMILES string of the molecule is Fc1ccc(CN(Cc2cncnc2)[C@H]2CCCNCC2)cc1Cl. The lowest BCUT2D eigenvalue weighted by Gasteiger charge is -2.31. The Bertz CT molecular complexity index is 645. The third kappa shape index (κ3) is 4.72. The van der Waals surface area contributed by atoms with Crippen molar-refractivity contribution in [3.05, 3.63) is 58.9 Å². The van der Waals surface area contributed by atoms with Gasteiger partial charge in [-0.1, -0.05) is 17.7 Å². The first-order valence-electron chi connectivity index (χ1n) is 8.35. The fourth-order valence-corrected chi connectivity index (χ4v) is 3.40. The molecule has 0 spiro atoms. The summed E-state index contributed by atoms with van der Waals surface area (Å²) in [6.45, 7) is 3.61. The molecule has 2 aromatic rings. The molecule has 1 N–H and O–H groups in total.